The van der Waals surface area contributed by atoms with Crippen LogP contribution in [-0.2, 0) is 15.8 Å². The van der Waals surface area contributed by atoms with Crippen LogP contribution in [-0.4, -0.2) is 13.4 Å². The van der Waals surface area contributed by atoms with E-state index in [0.29, 0.717) is 11.3 Å². The van der Waals surface area contributed by atoms with E-state index in [1.54, 1.807) is 36.4 Å². The highest BCUT2D eigenvalue weighted by molar-refractivity contribution is 7.91. The molecule has 2 rings (SSSR count). The first-order chi connectivity index (χ1) is 8.96. The Labute approximate surface area is 116 Å². The van der Waals surface area contributed by atoms with Gasteiger partial charge in [0.15, 0.2) is 5.15 Å². The van der Waals surface area contributed by atoms with Crippen molar-refractivity contribution in [3.63, 3.8) is 0 Å². The molecule has 0 bridgehead atoms. The van der Waals surface area contributed by atoms with Gasteiger partial charge in [0.25, 0.3) is 0 Å². The molecular formula is C12H12ClN3O2S. The van der Waals surface area contributed by atoms with Gasteiger partial charge in [-0.25, -0.2) is 13.4 Å². The molecule has 19 heavy (non-hydrogen) atoms. The summed E-state index contributed by atoms with van der Waals surface area (Å²) in [7, 11) is -3.56. The van der Waals surface area contributed by atoms with Gasteiger partial charge >= 0.3 is 0 Å². The predicted octanol–water partition coefficient (Wildman–Crippen LogP) is 2.26. The summed E-state index contributed by atoms with van der Waals surface area (Å²) in [4.78, 5) is 3.80. The Balaban J connectivity index is 2.18. The Morgan fingerprint density at radius 2 is 2.05 bits per heavy atom. The molecule has 7 heteroatoms. The van der Waals surface area contributed by atoms with Gasteiger partial charge in [0, 0.05) is 11.9 Å². The summed E-state index contributed by atoms with van der Waals surface area (Å²) in [5.41, 5.74) is 6.99. The van der Waals surface area contributed by atoms with Crippen molar-refractivity contribution in [1.82, 2.24) is 4.98 Å². The number of pyridine rings is 1. The Hall–Kier alpha value is -1.79. The standard InChI is InChI=1S/C12H12ClN3O2S/c13-12-11(5-2-6-15-12)16-19(17,18)8-9-3-1-4-10(14)7-9/h1-7,16H,8,14H2. The van der Waals surface area contributed by atoms with Crippen molar-refractivity contribution < 1.29 is 8.42 Å². The number of anilines is 2. The van der Waals surface area contributed by atoms with Crippen LogP contribution >= 0.6 is 11.6 Å². The molecule has 100 valence electrons. The summed E-state index contributed by atoms with van der Waals surface area (Å²) in [6, 6.07) is 9.86. The van der Waals surface area contributed by atoms with Crippen LogP contribution in [0.1, 0.15) is 5.56 Å². The third kappa shape index (κ3) is 3.84. The second-order valence-corrected chi connectivity index (χ2v) is 6.03. The number of nitrogens with two attached hydrogens (primary N) is 1. The molecule has 0 aliphatic rings. The maximum atomic E-state index is 12.0. The fourth-order valence-corrected chi connectivity index (χ4v) is 2.98. The molecule has 1 aromatic heterocycles. The third-order valence-electron chi connectivity index (χ3n) is 2.33. The number of rotatable bonds is 4. The van der Waals surface area contributed by atoms with Crippen LogP contribution in [0.3, 0.4) is 0 Å². The quantitative estimate of drug-likeness (QED) is 0.669. The zero-order valence-electron chi connectivity index (χ0n) is 9.88. The Kier molecular flexibility index (Phi) is 3.92. The lowest BCUT2D eigenvalue weighted by Gasteiger charge is -2.09. The largest absolute Gasteiger partial charge is 0.399 e. The number of hydrogen-bond donors (Lipinski definition) is 2. The molecule has 0 amide bonds. The summed E-state index contributed by atoms with van der Waals surface area (Å²) in [6.45, 7) is 0. The topological polar surface area (TPSA) is 85.1 Å². The summed E-state index contributed by atoms with van der Waals surface area (Å²) in [5.74, 6) is -0.177. The molecule has 2 aromatic rings. The molecule has 0 saturated carbocycles. The SMILES string of the molecule is Nc1cccc(CS(=O)(=O)Nc2cccnc2Cl)c1. The van der Waals surface area contributed by atoms with E-state index in [-0.39, 0.29) is 16.6 Å². The molecule has 1 aromatic carbocycles. The van der Waals surface area contributed by atoms with E-state index in [4.69, 9.17) is 17.3 Å². The molecule has 0 unspecified atom stereocenters. The zero-order chi connectivity index (χ0) is 13.9. The lowest BCUT2D eigenvalue weighted by molar-refractivity contribution is 0.600. The van der Waals surface area contributed by atoms with E-state index in [0.717, 1.165) is 0 Å². The smallest absolute Gasteiger partial charge is 0.237 e. The fraction of sp³-hybridized carbons (Fsp3) is 0.0833. The first-order valence-electron chi connectivity index (χ1n) is 5.42. The van der Waals surface area contributed by atoms with Crippen LogP contribution in [0.15, 0.2) is 42.6 Å². The molecule has 0 aliphatic carbocycles. The second-order valence-electron chi connectivity index (χ2n) is 3.95. The van der Waals surface area contributed by atoms with Gasteiger partial charge in [0.2, 0.25) is 10.0 Å². The summed E-state index contributed by atoms with van der Waals surface area (Å²) in [6.07, 6.45) is 1.48. The van der Waals surface area contributed by atoms with Gasteiger partial charge in [0.1, 0.15) is 0 Å². The highest BCUT2D eigenvalue weighted by Crippen LogP contribution is 2.20. The van der Waals surface area contributed by atoms with Gasteiger partial charge < -0.3 is 5.73 Å². The van der Waals surface area contributed by atoms with Crippen molar-refractivity contribution in [2.24, 2.45) is 0 Å². The normalized spacial score (nSPS) is 11.2. The van der Waals surface area contributed by atoms with E-state index >= 15 is 0 Å². The van der Waals surface area contributed by atoms with Crippen molar-refractivity contribution in [3.8, 4) is 0 Å². The highest BCUT2D eigenvalue weighted by atomic mass is 35.5. The number of nitrogen functional groups attached to an aromatic ring is 1. The van der Waals surface area contributed by atoms with Crippen molar-refractivity contribution >= 4 is 33.0 Å². The summed E-state index contributed by atoms with van der Waals surface area (Å²) < 4.78 is 26.4. The molecule has 1 heterocycles. The third-order valence-corrected chi connectivity index (χ3v) is 3.88. The first kappa shape index (κ1) is 13.6. The van der Waals surface area contributed by atoms with Crippen molar-refractivity contribution in [1.29, 1.82) is 0 Å². The van der Waals surface area contributed by atoms with E-state index < -0.39 is 10.0 Å². The monoisotopic (exact) mass is 297 g/mol. The lowest BCUT2D eigenvalue weighted by Crippen LogP contribution is -2.15. The number of nitrogens with one attached hydrogen (secondary N) is 1. The molecule has 0 atom stereocenters. The number of nitrogens with zero attached hydrogens (tertiary/aromatic N) is 1. The minimum atomic E-state index is -3.56. The van der Waals surface area contributed by atoms with E-state index in [1.165, 1.54) is 6.20 Å². The van der Waals surface area contributed by atoms with Gasteiger partial charge in [-0.2, -0.15) is 0 Å². The number of aromatic nitrogens is 1. The second kappa shape index (κ2) is 5.46. The number of halogens is 1. The highest BCUT2D eigenvalue weighted by Gasteiger charge is 2.13. The Morgan fingerprint density at radius 3 is 2.74 bits per heavy atom. The van der Waals surface area contributed by atoms with Gasteiger partial charge in [-0.1, -0.05) is 23.7 Å². The van der Waals surface area contributed by atoms with Crippen LogP contribution in [0.4, 0.5) is 11.4 Å². The molecular weight excluding hydrogens is 286 g/mol. The molecule has 0 spiro atoms. The molecule has 0 aliphatic heterocycles. The summed E-state index contributed by atoms with van der Waals surface area (Å²) in [5, 5.41) is 0.110. The van der Waals surface area contributed by atoms with Gasteiger partial charge in [0.05, 0.1) is 11.4 Å². The number of hydrogen-bond acceptors (Lipinski definition) is 4. The van der Waals surface area contributed by atoms with Crippen LogP contribution in [0.5, 0.6) is 0 Å². The molecule has 0 saturated heterocycles. The van der Waals surface area contributed by atoms with E-state index in [1.807, 2.05) is 0 Å². The van der Waals surface area contributed by atoms with Crippen LogP contribution in [0.25, 0.3) is 0 Å². The molecule has 0 fully saturated rings. The van der Waals surface area contributed by atoms with Crippen molar-refractivity contribution in [2.75, 3.05) is 10.5 Å². The van der Waals surface area contributed by atoms with Crippen molar-refractivity contribution in [3.05, 3.63) is 53.3 Å². The summed E-state index contributed by atoms with van der Waals surface area (Å²) >= 11 is 5.80. The van der Waals surface area contributed by atoms with Crippen LogP contribution in [0.2, 0.25) is 5.15 Å². The minimum absolute atomic E-state index is 0.110. The number of sulfonamides is 1. The van der Waals surface area contributed by atoms with Gasteiger partial charge in [-0.05, 0) is 29.8 Å². The molecule has 3 N–H and O–H groups in total. The Morgan fingerprint density at radius 1 is 1.26 bits per heavy atom. The zero-order valence-corrected chi connectivity index (χ0v) is 11.4. The van der Waals surface area contributed by atoms with Crippen LogP contribution < -0.4 is 10.5 Å². The first-order valence-corrected chi connectivity index (χ1v) is 7.45. The maximum Gasteiger partial charge on any atom is 0.237 e. The maximum absolute atomic E-state index is 12.0. The predicted molar refractivity (Wildman–Crippen MR) is 76.3 cm³/mol. The average molecular weight is 298 g/mol. The fourth-order valence-electron chi connectivity index (χ4n) is 1.57. The Bertz CT molecular complexity index is 689. The van der Waals surface area contributed by atoms with E-state index in [9.17, 15) is 8.42 Å². The van der Waals surface area contributed by atoms with E-state index in [2.05, 4.69) is 9.71 Å². The lowest BCUT2D eigenvalue weighted by atomic mass is 10.2. The average Bonchev–Trinajstić information content (AvgIpc) is 2.31. The molecule has 5 nitrogen and oxygen atoms in total. The minimum Gasteiger partial charge on any atom is -0.399 e. The van der Waals surface area contributed by atoms with Crippen LogP contribution in [0, 0.1) is 0 Å². The van der Waals surface area contributed by atoms with Crippen molar-refractivity contribution in [2.45, 2.75) is 5.75 Å². The van der Waals surface area contributed by atoms with Gasteiger partial charge in [-0.3, -0.25) is 4.72 Å². The van der Waals surface area contributed by atoms with Gasteiger partial charge in [-0.15, -0.1) is 0 Å². The molecule has 0 radical (unpaired) electrons. The number of benzene rings is 1.